The van der Waals surface area contributed by atoms with Gasteiger partial charge in [0.05, 0.1) is 0 Å². The van der Waals surface area contributed by atoms with Crippen LogP contribution in [0.25, 0.3) is 0 Å². The van der Waals surface area contributed by atoms with Gasteiger partial charge in [0.2, 0.25) is 0 Å². The van der Waals surface area contributed by atoms with Gasteiger partial charge in [-0.2, -0.15) is 0 Å². The normalized spacial score (nSPS) is 25.7. The third-order valence-corrected chi connectivity index (χ3v) is 3.28. The van der Waals surface area contributed by atoms with Crippen molar-refractivity contribution < 1.29 is 4.39 Å². The van der Waals surface area contributed by atoms with Crippen LogP contribution in [-0.4, -0.2) is 13.1 Å². The van der Waals surface area contributed by atoms with Crippen molar-refractivity contribution in [3.63, 3.8) is 0 Å². The molecule has 1 saturated heterocycles. The summed E-state index contributed by atoms with van der Waals surface area (Å²) < 4.78 is 13.1. The number of hydrogen-bond acceptors (Lipinski definition) is 1. The van der Waals surface area contributed by atoms with Crippen LogP contribution in [0.3, 0.4) is 0 Å². The molecule has 0 aliphatic carbocycles. The molecule has 15 heavy (non-hydrogen) atoms. The van der Waals surface area contributed by atoms with Crippen LogP contribution in [0.15, 0.2) is 24.3 Å². The topological polar surface area (TPSA) is 12.0 Å². The molecular formula is C13H18FN. The first-order valence-electron chi connectivity index (χ1n) is 5.77. The highest BCUT2D eigenvalue weighted by molar-refractivity contribution is 5.23. The molecule has 0 aromatic heterocycles. The molecule has 2 rings (SSSR count). The maximum Gasteiger partial charge on any atom is 0.123 e. The largest absolute Gasteiger partial charge is 0.316 e. The predicted molar refractivity (Wildman–Crippen MR) is 60.4 cm³/mol. The molecule has 0 spiro atoms. The zero-order valence-corrected chi connectivity index (χ0v) is 9.17. The molecule has 82 valence electrons. The van der Waals surface area contributed by atoms with E-state index >= 15 is 0 Å². The summed E-state index contributed by atoms with van der Waals surface area (Å²) in [7, 11) is 0. The summed E-state index contributed by atoms with van der Waals surface area (Å²) in [5.41, 5.74) is 1.15. The zero-order valence-electron chi connectivity index (χ0n) is 9.17. The number of rotatable bonds is 3. The molecule has 1 nitrogen and oxygen atoms in total. The van der Waals surface area contributed by atoms with E-state index in [-0.39, 0.29) is 5.82 Å². The first-order valence-corrected chi connectivity index (χ1v) is 5.77. The Balaban J connectivity index is 2.15. The molecule has 0 unspecified atom stereocenters. The van der Waals surface area contributed by atoms with Gasteiger partial charge in [0.25, 0.3) is 0 Å². The van der Waals surface area contributed by atoms with Crippen molar-refractivity contribution in [2.24, 2.45) is 5.92 Å². The van der Waals surface area contributed by atoms with Crippen molar-refractivity contribution in [3.05, 3.63) is 35.6 Å². The van der Waals surface area contributed by atoms with E-state index < -0.39 is 0 Å². The second-order valence-electron chi connectivity index (χ2n) is 4.37. The van der Waals surface area contributed by atoms with E-state index in [1.165, 1.54) is 18.9 Å². The summed E-state index contributed by atoms with van der Waals surface area (Å²) in [4.78, 5) is 0. The lowest BCUT2D eigenvalue weighted by molar-refractivity contribution is 0.472. The molecule has 1 aliphatic rings. The molecule has 1 N–H and O–H groups in total. The molecule has 1 fully saturated rings. The van der Waals surface area contributed by atoms with Crippen molar-refractivity contribution in [2.75, 3.05) is 13.1 Å². The minimum absolute atomic E-state index is 0.116. The van der Waals surface area contributed by atoms with E-state index in [1.54, 1.807) is 6.07 Å². The van der Waals surface area contributed by atoms with E-state index in [1.807, 2.05) is 12.1 Å². The molecule has 1 heterocycles. The van der Waals surface area contributed by atoms with Gasteiger partial charge in [-0.25, -0.2) is 4.39 Å². The maximum absolute atomic E-state index is 13.1. The summed E-state index contributed by atoms with van der Waals surface area (Å²) in [6.07, 6.45) is 2.44. The fraction of sp³-hybridized carbons (Fsp3) is 0.538. The van der Waals surface area contributed by atoms with Gasteiger partial charge in [0.1, 0.15) is 5.82 Å². The van der Waals surface area contributed by atoms with E-state index in [9.17, 15) is 4.39 Å². The summed E-state index contributed by atoms with van der Waals surface area (Å²) in [5, 5.41) is 3.40. The second kappa shape index (κ2) is 4.75. The Morgan fingerprint density at radius 2 is 2.27 bits per heavy atom. The Morgan fingerprint density at radius 1 is 1.40 bits per heavy atom. The van der Waals surface area contributed by atoms with Crippen LogP contribution in [-0.2, 0) is 0 Å². The van der Waals surface area contributed by atoms with Gasteiger partial charge in [-0.05, 0) is 36.6 Å². The first-order chi connectivity index (χ1) is 7.31. The fourth-order valence-electron chi connectivity index (χ4n) is 2.53. The van der Waals surface area contributed by atoms with Crippen LogP contribution in [0.5, 0.6) is 0 Å². The van der Waals surface area contributed by atoms with E-state index in [0.29, 0.717) is 11.8 Å². The Hall–Kier alpha value is -0.890. The van der Waals surface area contributed by atoms with Gasteiger partial charge in [-0.1, -0.05) is 25.5 Å². The fourth-order valence-corrected chi connectivity index (χ4v) is 2.53. The van der Waals surface area contributed by atoms with Gasteiger partial charge in [-0.3, -0.25) is 0 Å². The molecule has 0 saturated carbocycles. The summed E-state index contributed by atoms with van der Waals surface area (Å²) >= 11 is 0. The smallest absolute Gasteiger partial charge is 0.123 e. The van der Waals surface area contributed by atoms with Crippen molar-refractivity contribution >= 4 is 0 Å². The number of benzene rings is 1. The summed E-state index contributed by atoms with van der Waals surface area (Å²) in [6, 6.07) is 7.05. The highest BCUT2D eigenvalue weighted by Gasteiger charge is 2.27. The SMILES string of the molecule is CCC[C@H]1CNC[C@@H]1c1cccc(F)c1. The average Bonchev–Trinajstić information content (AvgIpc) is 2.66. The lowest BCUT2D eigenvalue weighted by atomic mass is 9.86. The lowest BCUT2D eigenvalue weighted by Gasteiger charge is -2.18. The van der Waals surface area contributed by atoms with Crippen molar-refractivity contribution in [3.8, 4) is 0 Å². The number of halogens is 1. The zero-order chi connectivity index (χ0) is 10.7. The van der Waals surface area contributed by atoms with Gasteiger partial charge >= 0.3 is 0 Å². The average molecular weight is 207 g/mol. The number of hydrogen-bond donors (Lipinski definition) is 1. The second-order valence-corrected chi connectivity index (χ2v) is 4.37. The Morgan fingerprint density at radius 3 is 3.00 bits per heavy atom. The molecule has 2 heteroatoms. The van der Waals surface area contributed by atoms with E-state index in [0.717, 1.165) is 18.7 Å². The van der Waals surface area contributed by atoms with Crippen molar-refractivity contribution in [1.82, 2.24) is 5.32 Å². The maximum atomic E-state index is 13.1. The molecule has 0 radical (unpaired) electrons. The molecule has 0 bridgehead atoms. The van der Waals surface area contributed by atoms with Crippen molar-refractivity contribution in [1.29, 1.82) is 0 Å². The Bertz CT molecular complexity index is 324. The van der Waals surface area contributed by atoms with Gasteiger partial charge in [-0.15, -0.1) is 0 Å². The van der Waals surface area contributed by atoms with Crippen LogP contribution in [0.4, 0.5) is 4.39 Å². The third-order valence-electron chi connectivity index (χ3n) is 3.28. The lowest BCUT2D eigenvalue weighted by Crippen LogP contribution is -2.10. The van der Waals surface area contributed by atoms with Gasteiger partial charge in [0, 0.05) is 12.5 Å². The summed E-state index contributed by atoms with van der Waals surface area (Å²) in [5.74, 6) is 1.06. The molecule has 1 aromatic carbocycles. The van der Waals surface area contributed by atoms with Crippen LogP contribution < -0.4 is 5.32 Å². The van der Waals surface area contributed by atoms with Crippen LogP contribution >= 0.6 is 0 Å². The molecule has 1 aliphatic heterocycles. The minimum Gasteiger partial charge on any atom is -0.316 e. The minimum atomic E-state index is -0.116. The molecular weight excluding hydrogens is 189 g/mol. The van der Waals surface area contributed by atoms with Gasteiger partial charge in [0.15, 0.2) is 0 Å². The van der Waals surface area contributed by atoms with Crippen LogP contribution in [0.2, 0.25) is 0 Å². The van der Waals surface area contributed by atoms with E-state index in [2.05, 4.69) is 12.2 Å². The standard InChI is InChI=1S/C13H18FN/c1-2-4-11-8-15-9-13(11)10-5-3-6-12(14)7-10/h3,5-7,11,13,15H,2,4,8-9H2,1H3/t11-,13+/m0/s1. The quantitative estimate of drug-likeness (QED) is 0.803. The molecule has 2 atom stereocenters. The first kappa shape index (κ1) is 10.6. The predicted octanol–water partition coefficient (Wildman–Crippen LogP) is 2.93. The van der Waals surface area contributed by atoms with E-state index in [4.69, 9.17) is 0 Å². The van der Waals surface area contributed by atoms with Crippen LogP contribution in [0, 0.1) is 11.7 Å². The molecule has 1 aromatic rings. The monoisotopic (exact) mass is 207 g/mol. The Kier molecular flexibility index (Phi) is 3.37. The van der Waals surface area contributed by atoms with Crippen LogP contribution in [0.1, 0.15) is 31.2 Å². The molecule has 0 amide bonds. The highest BCUT2D eigenvalue weighted by atomic mass is 19.1. The number of nitrogens with one attached hydrogen (secondary N) is 1. The van der Waals surface area contributed by atoms with Gasteiger partial charge < -0.3 is 5.32 Å². The Labute approximate surface area is 90.7 Å². The third kappa shape index (κ3) is 2.37. The summed E-state index contributed by atoms with van der Waals surface area (Å²) in [6.45, 7) is 4.28. The highest BCUT2D eigenvalue weighted by Crippen LogP contribution is 2.31. The van der Waals surface area contributed by atoms with Crippen molar-refractivity contribution in [2.45, 2.75) is 25.7 Å².